The van der Waals surface area contributed by atoms with E-state index in [1.165, 1.54) is 0 Å². The summed E-state index contributed by atoms with van der Waals surface area (Å²) < 4.78 is 12.1. The third-order valence-electron chi connectivity index (χ3n) is 2.76. The molecule has 1 amide bonds. The fraction of sp³-hybridized carbons (Fsp3) is 0.462. The summed E-state index contributed by atoms with van der Waals surface area (Å²) in [4.78, 5) is 13.3. The lowest BCUT2D eigenvalue weighted by Crippen LogP contribution is -2.31. The normalized spacial score (nSPS) is 10.6. The number of carbonyl (C=O) groups is 1. The number of hydrogen-bond donors (Lipinski definition) is 1. The van der Waals surface area contributed by atoms with Gasteiger partial charge in [0.05, 0.1) is 6.54 Å². The molecule has 0 spiro atoms. The molecule has 0 atom stereocenters. The second-order valence-electron chi connectivity index (χ2n) is 4.22. The van der Waals surface area contributed by atoms with Crippen molar-refractivity contribution < 1.29 is 9.18 Å². The molecule has 1 rings (SSSR count). The van der Waals surface area contributed by atoms with Crippen molar-refractivity contribution in [1.29, 1.82) is 0 Å². The first-order valence-corrected chi connectivity index (χ1v) is 5.65. The molecule has 94 valence electrons. The van der Waals surface area contributed by atoms with Gasteiger partial charge in [0.2, 0.25) is 5.91 Å². The highest BCUT2D eigenvalue weighted by atomic mass is 19.1. The summed E-state index contributed by atoms with van der Waals surface area (Å²) in [5.41, 5.74) is 3.03. The Hall–Kier alpha value is -1.42. The minimum absolute atomic E-state index is 0.116. The maximum Gasteiger partial charge on any atom is 0.238 e. The van der Waals surface area contributed by atoms with Crippen molar-refractivity contribution in [2.24, 2.45) is 0 Å². The van der Waals surface area contributed by atoms with Gasteiger partial charge in [0.25, 0.3) is 0 Å². The van der Waals surface area contributed by atoms with Crippen LogP contribution >= 0.6 is 0 Å². The van der Waals surface area contributed by atoms with E-state index in [1.54, 1.807) is 11.9 Å². The summed E-state index contributed by atoms with van der Waals surface area (Å²) in [5.74, 6) is -0.116. The Morgan fingerprint density at radius 1 is 1.41 bits per heavy atom. The Morgan fingerprint density at radius 3 is 2.76 bits per heavy atom. The molecule has 3 nitrogen and oxygen atoms in total. The number of rotatable bonds is 5. The summed E-state index contributed by atoms with van der Waals surface area (Å²) in [5, 5.41) is 2.84. The van der Waals surface area contributed by atoms with E-state index in [2.05, 4.69) is 5.32 Å². The Balaban J connectivity index is 2.59. The summed E-state index contributed by atoms with van der Waals surface area (Å²) >= 11 is 0. The predicted octanol–water partition coefficient (Wildman–Crippen LogP) is 2.14. The molecule has 0 fully saturated rings. The molecule has 0 bridgehead atoms. The average Bonchev–Trinajstić information content (AvgIpc) is 2.25. The van der Waals surface area contributed by atoms with Crippen LogP contribution in [0.2, 0.25) is 0 Å². The van der Waals surface area contributed by atoms with Crippen LogP contribution in [0.25, 0.3) is 0 Å². The third kappa shape index (κ3) is 4.15. The maximum atomic E-state index is 12.1. The quantitative estimate of drug-likeness (QED) is 0.852. The number of amides is 1. The molecule has 1 N–H and O–H groups in total. The fourth-order valence-corrected chi connectivity index (χ4v) is 1.54. The fourth-order valence-electron chi connectivity index (χ4n) is 1.54. The van der Waals surface area contributed by atoms with Crippen molar-refractivity contribution in [3.8, 4) is 0 Å². The van der Waals surface area contributed by atoms with Gasteiger partial charge in [-0.1, -0.05) is 12.1 Å². The molecule has 0 aromatic heterocycles. The second kappa shape index (κ2) is 6.35. The summed E-state index contributed by atoms with van der Waals surface area (Å²) in [6, 6.07) is 5.78. The molecule has 1 aromatic carbocycles. The number of nitrogens with zero attached hydrogens (tertiary/aromatic N) is 1. The molecule has 0 heterocycles. The van der Waals surface area contributed by atoms with Crippen LogP contribution in [0.5, 0.6) is 0 Å². The van der Waals surface area contributed by atoms with E-state index in [0.717, 1.165) is 16.8 Å². The lowest BCUT2D eigenvalue weighted by atomic mass is 10.1. The van der Waals surface area contributed by atoms with E-state index in [9.17, 15) is 9.18 Å². The number of anilines is 1. The SMILES string of the molecule is Cc1cccc(NC(=O)CN(C)CCF)c1C. The Bertz CT molecular complexity index is 393. The van der Waals surface area contributed by atoms with Crippen LogP contribution in [-0.4, -0.2) is 37.6 Å². The molecule has 17 heavy (non-hydrogen) atoms. The number of alkyl halides is 1. The first-order chi connectivity index (χ1) is 8.04. The molecule has 0 saturated heterocycles. The highest BCUT2D eigenvalue weighted by Crippen LogP contribution is 2.17. The molecule has 0 aliphatic heterocycles. The van der Waals surface area contributed by atoms with Crippen LogP contribution in [0.3, 0.4) is 0 Å². The van der Waals surface area contributed by atoms with Gasteiger partial charge in [0, 0.05) is 12.2 Å². The third-order valence-corrected chi connectivity index (χ3v) is 2.76. The topological polar surface area (TPSA) is 32.3 Å². The van der Waals surface area contributed by atoms with Gasteiger partial charge in [0.15, 0.2) is 0 Å². The number of hydrogen-bond acceptors (Lipinski definition) is 2. The minimum Gasteiger partial charge on any atom is -0.325 e. The van der Waals surface area contributed by atoms with Gasteiger partial charge in [-0.3, -0.25) is 9.69 Å². The van der Waals surface area contributed by atoms with Crippen molar-refractivity contribution in [3.63, 3.8) is 0 Å². The zero-order valence-electron chi connectivity index (χ0n) is 10.6. The van der Waals surface area contributed by atoms with Crippen LogP contribution in [0.1, 0.15) is 11.1 Å². The Kier molecular flexibility index (Phi) is 5.10. The van der Waals surface area contributed by atoms with E-state index < -0.39 is 6.67 Å². The molecule has 4 heteroatoms. The van der Waals surface area contributed by atoms with E-state index in [4.69, 9.17) is 0 Å². The first-order valence-electron chi connectivity index (χ1n) is 5.65. The van der Waals surface area contributed by atoms with Gasteiger partial charge in [0.1, 0.15) is 6.67 Å². The van der Waals surface area contributed by atoms with Gasteiger partial charge in [-0.2, -0.15) is 0 Å². The monoisotopic (exact) mass is 238 g/mol. The molecule has 0 unspecified atom stereocenters. The van der Waals surface area contributed by atoms with E-state index in [-0.39, 0.29) is 19.0 Å². The molecule has 0 aliphatic carbocycles. The number of benzene rings is 1. The Morgan fingerprint density at radius 2 is 2.12 bits per heavy atom. The maximum absolute atomic E-state index is 12.1. The molecule has 1 aromatic rings. The summed E-state index contributed by atoms with van der Waals surface area (Å²) in [7, 11) is 1.72. The van der Waals surface area contributed by atoms with Crippen molar-refractivity contribution in [3.05, 3.63) is 29.3 Å². The summed E-state index contributed by atoms with van der Waals surface area (Å²) in [6.45, 7) is 4.02. The smallest absolute Gasteiger partial charge is 0.238 e. The largest absolute Gasteiger partial charge is 0.325 e. The van der Waals surface area contributed by atoms with E-state index in [0.29, 0.717) is 0 Å². The molecular formula is C13H19FN2O. The molecule has 0 saturated carbocycles. The molecular weight excluding hydrogens is 219 g/mol. The summed E-state index contributed by atoms with van der Waals surface area (Å²) in [6.07, 6.45) is 0. The minimum atomic E-state index is -0.437. The van der Waals surface area contributed by atoms with Crippen LogP contribution in [0.4, 0.5) is 10.1 Å². The van der Waals surface area contributed by atoms with Crippen molar-refractivity contribution in [1.82, 2.24) is 4.90 Å². The predicted molar refractivity (Wildman–Crippen MR) is 68.0 cm³/mol. The van der Waals surface area contributed by atoms with Crippen molar-refractivity contribution in [2.75, 3.05) is 32.1 Å². The van der Waals surface area contributed by atoms with Gasteiger partial charge >= 0.3 is 0 Å². The lowest BCUT2D eigenvalue weighted by Gasteiger charge is -2.15. The average molecular weight is 238 g/mol. The number of halogens is 1. The highest BCUT2D eigenvalue weighted by Gasteiger charge is 2.08. The van der Waals surface area contributed by atoms with Crippen molar-refractivity contribution >= 4 is 11.6 Å². The number of carbonyl (C=O) groups excluding carboxylic acids is 1. The first kappa shape index (κ1) is 13.6. The second-order valence-corrected chi connectivity index (χ2v) is 4.22. The van der Waals surface area contributed by atoms with Gasteiger partial charge in [-0.25, -0.2) is 4.39 Å². The highest BCUT2D eigenvalue weighted by molar-refractivity contribution is 5.93. The molecule has 0 radical (unpaired) electrons. The number of nitrogens with one attached hydrogen (secondary N) is 1. The van der Waals surface area contributed by atoms with Crippen LogP contribution < -0.4 is 5.32 Å². The Labute approximate surface area is 102 Å². The van der Waals surface area contributed by atoms with Gasteiger partial charge in [-0.15, -0.1) is 0 Å². The standard InChI is InChI=1S/C13H19FN2O/c1-10-5-4-6-12(11(10)2)15-13(17)9-16(3)8-7-14/h4-6H,7-9H2,1-3H3,(H,15,17). The van der Waals surface area contributed by atoms with Crippen LogP contribution in [0, 0.1) is 13.8 Å². The van der Waals surface area contributed by atoms with E-state index >= 15 is 0 Å². The number of likely N-dealkylation sites (N-methyl/N-ethyl adjacent to an activating group) is 1. The van der Waals surface area contributed by atoms with Crippen LogP contribution in [-0.2, 0) is 4.79 Å². The zero-order chi connectivity index (χ0) is 12.8. The zero-order valence-corrected chi connectivity index (χ0v) is 10.6. The number of aryl methyl sites for hydroxylation is 1. The lowest BCUT2D eigenvalue weighted by molar-refractivity contribution is -0.117. The van der Waals surface area contributed by atoms with Gasteiger partial charge in [-0.05, 0) is 38.1 Å². The van der Waals surface area contributed by atoms with Crippen LogP contribution in [0.15, 0.2) is 18.2 Å². The van der Waals surface area contributed by atoms with Crippen molar-refractivity contribution in [2.45, 2.75) is 13.8 Å². The molecule has 0 aliphatic rings. The van der Waals surface area contributed by atoms with Gasteiger partial charge < -0.3 is 5.32 Å². The van der Waals surface area contributed by atoms with E-state index in [1.807, 2.05) is 32.0 Å².